The van der Waals surface area contributed by atoms with Crippen LogP contribution in [0.5, 0.6) is 0 Å². The maximum Gasteiger partial charge on any atom is 0.257 e. The zero-order valence-corrected chi connectivity index (χ0v) is 18.1. The number of carbonyl (C=O) groups excluding carboxylic acids is 2. The van der Waals surface area contributed by atoms with Gasteiger partial charge in [-0.15, -0.1) is 5.10 Å². The topological polar surface area (TPSA) is 102 Å². The average Bonchev–Trinajstić information content (AvgIpc) is 3.43. The van der Waals surface area contributed by atoms with Gasteiger partial charge in [0.1, 0.15) is 12.9 Å². The van der Waals surface area contributed by atoms with Crippen molar-refractivity contribution in [2.24, 2.45) is 0 Å². The van der Waals surface area contributed by atoms with E-state index in [0.29, 0.717) is 36.8 Å². The van der Waals surface area contributed by atoms with E-state index in [1.54, 1.807) is 26.7 Å². The van der Waals surface area contributed by atoms with Crippen molar-refractivity contribution < 1.29 is 9.59 Å². The van der Waals surface area contributed by atoms with E-state index in [4.69, 9.17) is 11.6 Å². The molecule has 2 amide bonds. The standard InChI is InChI=1S/C20H23ClN8O2/c1-14(2)19-17(11-23-29(19)16-5-3-4-15(21)10-16)20(31)27-8-6-26(7-9-27)18(30)12-28-13-22-24-25-28/h3-5,10-11,13-14H,6-9,12H2,1-2H3. The Morgan fingerprint density at radius 1 is 1.13 bits per heavy atom. The summed E-state index contributed by atoms with van der Waals surface area (Å²) in [7, 11) is 0. The van der Waals surface area contributed by atoms with Crippen molar-refractivity contribution >= 4 is 23.4 Å². The van der Waals surface area contributed by atoms with E-state index in [0.717, 1.165) is 11.4 Å². The van der Waals surface area contributed by atoms with Crippen LogP contribution in [-0.4, -0.2) is 77.8 Å². The molecule has 1 saturated heterocycles. The summed E-state index contributed by atoms with van der Waals surface area (Å²) >= 11 is 6.14. The molecule has 3 aromatic rings. The molecule has 1 aromatic carbocycles. The van der Waals surface area contributed by atoms with Gasteiger partial charge in [-0.2, -0.15) is 5.10 Å². The van der Waals surface area contributed by atoms with Gasteiger partial charge >= 0.3 is 0 Å². The first-order chi connectivity index (χ1) is 14.9. The Hall–Kier alpha value is -3.27. The fraction of sp³-hybridized carbons (Fsp3) is 0.400. The second-order valence-electron chi connectivity index (χ2n) is 7.67. The fourth-order valence-electron chi connectivity index (χ4n) is 3.71. The highest BCUT2D eigenvalue weighted by atomic mass is 35.5. The van der Waals surface area contributed by atoms with E-state index in [-0.39, 0.29) is 24.3 Å². The molecular weight excluding hydrogens is 420 g/mol. The molecule has 2 aromatic heterocycles. The third kappa shape index (κ3) is 4.43. The first kappa shape index (κ1) is 21.0. The quantitative estimate of drug-likeness (QED) is 0.595. The van der Waals surface area contributed by atoms with Gasteiger partial charge in [0.05, 0.1) is 23.1 Å². The fourth-order valence-corrected chi connectivity index (χ4v) is 3.90. The van der Waals surface area contributed by atoms with Crippen LogP contribution >= 0.6 is 11.6 Å². The molecule has 0 atom stereocenters. The lowest BCUT2D eigenvalue weighted by molar-refractivity contribution is -0.133. The zero-order valence-electron chi connectivity index (χ0n) is 17.3. The molecule has 10 nitrogen and oxygen atoms in total. The van der Waals surface area contributed by atoms with E-state index in [1.807, 2.05) is 32.0 Å². The van der Waals surface area contributed by atoms with Crippen molar-refractivity contribution in [2.45, 2.75) is 26.3 Å². The first-order valence-corrected chi connectivity index (χ1v) is 10.4. The van der Waals surface area contributed by atoms with Crippen molar-refractivity contribution in [3.8, 4) is 5.69 Å². The Morgan fingerprint density at radius 3 is 2.52 bits per heavy atom. The monoisotopic (exact) mass is 442 g/mol. The molecule has 1 aliphatic heterocycles. The van der Waals surface area contributed by atoms with Crippen LogP contribution in [0.15, 0.2) is 36.8 Å². The molecule has 0 saturated carbocycles. The predicted molar refractivity (Wildman–Crippen MR) is 113 cm³/mol. The molecule has 0 spiro atoms. The number of rotatable bonds is 5. The number of carbonyl (C=O) groups is 2. The summed E-state index contributed by atoms with van der Waals surface area (Å²) in [5, 5.41) is 15.9. The largest absolute Gasteiger partial charge is 0.338 e. The lowest BCUT2D eigenvalue weighted by Gasteiger charge is -2.34. The summed E-state index contributed by atoms with van der Waals surface area (Å²) < 4.78 is 3.16. The molecule has 0 N–H and O–H groups in total. The minimum absolute atomic E-state index is 0.0731. The van der Waals surface area contributed by atoms with E-state index in [9.17, 15) is 9.59 Å². The number of tetrazole rings is 1. The van der Waals surface area contributed by atoms with Gasteiger partial charge < -0.3 is 9.80 Å². The van der Waals surface area contributed by atoms with Gasteiger partial charge in [0.15, 0.2) is 0 Å². The number of benzene rings is 1. The van der Waals surface area contributed by atoms with E-state index in [1.165, 1.54) is 11.0 Å². The maximum atomic E-state index is 13.3. The van der Waals surface area contributed by atoms with Crippen LogP contribution in [0, 0.1) is 0 Å². The molecule has 4 rings (SSSR count). The highest BCUT2D eigenvalue weighted by molar-refractivity contribution is 6.30. The van der Waals surface area contributed by atoms with Gasteiger partial charge in [-0.25, -0.2) is 9.36 Å². The number of aromatic nitrogens is 6. The third-order valence-corrected chi connectivity index (χ3v) is 5.48. The molecular formula is C20H23ClN8O2. The lowest BCUT2D eigenvalue weighted by atomic mass is 10.0. The Labute approximate surface area is 184 Å². The van der Waals surface area contributed by atoms with Crippen LogP contribution in [0.2, 0.25) is 5.02 Å². The number of halogens is 1. The van der Waals surface area contributed by atoms with Gasteiger partial charge in [-0.05, 0) is 34.5 Å². The lowest BCUT2D eigenvalue weighted by Crippen LogP contribution is -2.51. The van der Waals surface area contributed by atoms with E-state index in [2.05, 4.69) is 20.6 Å². The van der Waals surface area contributed by atoms with Crippen molar-refractivity contribution in [2.75, 3.05) is 26.2 Å². The van der Waals surface area contributed by atoms with E-state index >= 15 is 0 Å². The van der Waals surface area contributed by atoms with Crippen molar-refractivity contribution in [3.05, 3.63) is 53.1 Å². The van der Waals surface area contributed by atoms with Crippen molar-refractivity contribution in [1.29, 1.82) is 0 Å². The molecule has 3 heterocycles. The van der Waals surface area contributed by atoms with Crippen LogP contribution in [0.3, 0.4) is 0 Å². The van der Waals surface area contributed by atoms with Gasteiger partial charge in [-0.3, -0.25) is 9.59 Å². The molecule has 1 aliphatic rings. The summed E-state index contributed by atoms with van der Waals surface area (Å²) in [5.41, 5.74) is 2.22. The third-order valence-electron chi connectivity index (χ3n) is 5.24. The predicted octanol–water partition coefficient (Wildman–Crippen LogP) is 1.62. The first-order valence-electron chi connectivity index (χ1n) is 10.1. The maximum absolute atomic E-state index is 13.3. The Bertz CT molecular complexity index is 1070. The smallest absolute Gasteiger partial charge is 0.257 e. The van der Waals surface area contributed by atoms with Crippen molar-refractivity contribution in [3.63, 3.8) is 0 Å². The van der Waals surface area contributed by atoms with Crippen LogP contribution < -0.4 is 0 Å². The minimum atomic E-state index is -0.0791. The molecule has 1 fully saturated rings. The highest BCUT2D eigenvalue weighted by Crippen LogP contribution is 2.26. The number of piperazine rings is 1. The Kier molecular flexibility index (Phi) is 5.99. The number of nitrogens with zero attached hydrogens (tertiary/aromatic N) is 8. The Morgan fingerprint density at radius 2 is 1.87 bits per heavy atom. The molecule has 162 valence electrons. The number of amides is 2. The second-order valence-corrected chi connectivity index (χ2v) is 8.11. The minimum Gasteiger partial charge on any atom is -0.338 e. The molecule has 31 heavy (non-hydrogen) atoms. The van der Waals surface area contributed by atoms with Gasteiger partial charge in [0, 0.05) is 31.2 Å². The van der Waals surface area contributed by atoms with Crippen molar-refractivity contribution in [1.82, 2.24) is 39.8 Å². The summed E-state index contributed by atoms with van der Waals surface area (Å²) in [4.78, 5) is 29.2. The SMILES string of the molecule is CC(C)c1c(C(=O)N2CCN(C(=O)Cn3cnnn3)CC2)cnn1-c1cccc(Cl)c1. The summed E-state index contributed by atoms with van der Waals surface area (Å²) in [6.45, 7) is 6.00. The molecule has 0 unspecified atom stereocenters. The number of hydrogen-bond donors (Lipinski definition) is 0. The van der Waals surface area contributed by atoms with Crippen LogP contribution in [0.25, 0.3) is 5.69 Å². The molecule has 0 aliphatic carbocycles. The summed E-state index contributed by atoms with van der Waals surface area (Å²) in [6, 6.07) is 7.39. The van der Waals surface area contributed by atoms with E-state index < -0.39 is 0 Å². The highest BCUT2D eigenvalue weighted by Gasteiger charge is 2.29. The van der Waals surface area contributed by atoms with Crippen LogP contribution in [0.1, 0.15) is 35.8 Å². The summed E-state index contributed by atoms with van der Waals surface area (Å²) in [6.07, 6.45) is 3.02. The zero-order chi connectivity index (χ0) is 22.0. The Balaban J connectivity index is 1.47. The summed E-state index contributed by atoms with van der Waals surface area (Å²) in [5.74, 6) is -0.0693. The van der Waals surface area contributed by atoms with Crippen LogP contribution in [0.4, 0.5) is 0 Å². The second kappa shape index (κ2) is 8.84. The van der Waals surface area contributed by atoms with Gasteiger partial charge in [0.25, 0.3) is 5.91 Å². The van der Waals surface area contributed by atoms with Gasteiger partial charge in [0.2, 0.25) is 5.91 Å². The van der Waals surface area contributed by atoms with Crippen LogP contribution in [-0.2, 0) is 11.3 Å². The normalized spacial score (nSPS) is 14.3. The molecule has 11 heteroatoms. The number of hydrogen-bond acceptors (Lipinski definition) is 6. The van der Waals surface area contributed by atoms with Gasteiger partial charge in [-0.1, -0.05) is 31.5 Å². The average molecular weight is 443 g/mol. The molecule has 0 radical (unpaired) electrons. The molecule has 0 bridgehead atoms.